The molecule has 0 fully saturated rings. The smallest absolute Gasteiger partial charge is 0.466 e. The standard InChI is InChI=1S/C13H11F3N6O2/c1-23-12-19-11(17)22(20-12)6-7-2-4-8(5-3-7)9-18-10(24-21-9)13(14,15)16/h2-5H,6H2,1H3,(H2,17,19,20). The van der Waals surface area contributed by atoms with Crippen molar-refractivity contribution in [3.8, 4) is 17.4 Å². The van der Waals surface area contributed by atoms with Gasteiger partial charge in [-0.2, -0.15) is 23.1 Å². The van der Waals surface area contributed by atoms with Crippen LogP contribution in [0.4, 0.5) is 19.1 Å². The summed E-state index contributed by atoms with van der Waals surface area (Å²) in [6, 6.07) is 6.67. The van der Waals surface area contributed by atoms with Crippen LogP contribution in [0.15, 0.2) is 28.8 Å². The van der Waals surface area contributed by atoms with Gasteiger partial charge in [-0.05, 0) is 5.56 Å². The predicted molar refractivity (Wildman–Crippen MR) is 74.8 cm³/mol. The second-order valence-electron chi connectivity index (χ2n) is 4.73. The highest BCUT2D eigenvalue weighted by Gasteiger charge is 2.38. The van der Waals surface area contributed by atoms with Crippen LogP contribution in [0.3, 0.4) is 0 Å². The molecule has 0 atom stereocenters. The lowest BCUT2D eigenvalue weighted by molar-refractivity contribution is -0.159. The maximum Gasteiger partial charge on any atom is 0.471 e. The molecule has 126 valence electrons. The summed E-state index contributed by atoms with van der Waals surface area (Å²) in [6.45, 7) is 0.322. The molecule has 8 nitrogen and oxygen atoms in total. The van der Waals surface area contributed by atoms with E-state index in [0.29, 0.717) is 12.1 Å². The average Bonchev–Trinajstić information content (AvgIpc) is 3.15. The Bertz CT molecular complexity index is 840. The van der Waals surface area contributed by atoms with E-state index in [0.717, 1.165) is 5.56 Å². The summed E-state index contributed by atoms with van der Waals surface area (Å²) in [5.41, 5.74) is 6.89. The Morgan fingerprint density at radius 1 is 1.21 bits per heavy atom. The molecular formula is C13H11F3N6O2. The van der Waals surface area contributed by atoms with E-state index in [4.69, 9.17) is 10.5 Å². The first kappa shape index (κ1) is 15.8. The van der Waals surface area contributed by atoms with Crippen molar-refractivity contribution in [2.24, 2.45) is 0 Å². The summed E-state index contributed by atoms with van der Waals surface area (Å²) in [5.74, 6) is -1.34. The number of rotatable bonds is 4. The third kappa shape index (κ3) is 3.14. The van der Waals surface area contributed by atoms with E-state index in [9.17, 15) is 13.2 Å². The van der Waals surface area contributed by atoms with Gasteiger partial charge >= 0.3 is 18.1 Å². The third-order valence-electron chi connectivity index (χ3n) is 3.08. The number of hydrogen-bond donors (Lipinski definition) is 1. The van der Waals surface area contributed by atoms with Crippen LogP contribution in [0.25, 0.3) is 11.4 Å². The predicted octanol–water partition coefficient (Wildman–Crippen LogP) is 1.99. The van der Waals surface area contributed by atoms with E-state index in [1.165, 1.54) is 11.8 Å². The number of nitrogens with two attached hydrogens (primary N) is 1. The first-order valence-electron chi connectivity index (χ1n) is 6.61. The summed E-state index contributed by atoms with van der Waals surface area (Å²) < 4.78 is 47.9. The van der Waals surface area contributed by atoms with E-state index in [1.807, 2.05) is 0 Å². The molecule has 0 bridgehead atoms. The van der Waals surface area contributed by atoms with Gasteiger partial charge in [0.05, 0.1) is 13.7 Å². The van der Waals surface area contributed by atoms with E-state index in [2.05, 4.69) is 24.7 Å². The van der Waals surface area contributed by atoms with Gasteiger partial charge in [-0.25, -0.2) is 4.68 Å². The molecule has 2 heterocycles. The molecule has 2 aromatic heterocycles. The van der Waals surface area contributed by atoms with Crippen molar-refractivity contribution in [1.82, 2.24) is 24.9 Å². The number of nitrogen functional groups attached to an aromatic ring is 1. The Hall–Kier alpha value is -3.11. The van der Waals surface area contributed by atoms with Crippen molar-refractivity contribution in [2.45, 2.75) is 12.7 Å². The summed E-state index contributed by atoms with van der Waals surface area (Å²) in [4.78, 5) is 7.21. The number of halogens is 3. The minimum Gasteiger partial charge on any atom is -0.466 e. The molecule has 0 aliphatic heterocycles. The fourth-order valence-electron chi connectivity index (χ4n) is 1.92. The molecule has 11 heteroatoms. The molecule has 0 aliphatic carbocycles. The van der Waals surface area contributed by atoms with Crippen LogP contribution in [0.2, 0.25) is 0 Å². The summed E-state index contributed by atoms with van der Waals surface area (Å²) in [6.07, 6.45) is -4.67. The van der Waals surface area contributed by atoms with Crippen molar-refractivity contribution in [2.75, 3.05) is 12.8 Å². The lowest BCUT2D eigenvalue weighted by Gasteiger charge is -2.03. The Morgan fingerprint density at radius 3 is 2.46 bits per heavy atom. The van der Waals surface area contributed by atoms with Gasteiger partial charge in [-0.1, -0.05) is 29.4 Å². The van der Waals surface area contributed by atoms with E-state index >= 15 is 0 Å². The third-order valence-corrected chi connectivity index (χ3v) is 3.08. The number of alkyl halides is 3. The quantitative estimate of drug-likeness (QED) is 0.774. The Balaban J connectivity index is 1.78. The molecule has 0 unspecified atom stereocenters. The molecule has 0 radical (unpaired) electrons. The molecule has 0 saturated carbocycles. The molecule has 0 spiro atoms. The molecule has 0 saturated heterocycles. The van der Waals surface area contributed by atoms with Gasteiger partial charge < -0.3 is 15.0 Å². The zero-order valence-electron chi connectivity index (χ0n) is 12.3. The maximum absolute atomic E-state index is 12.5. The van der Waals surface area contributed by atoms with Crippen LogP contribution in [0.1, 0.15) is 11.5 Å². The van der Waals surface area contributed by atoms with Gasteiger partial charge in [0.2, 0.25) is 11.8 Å². The largest absolute Gasteiger partial charge is 0.471 e. The molecule has 3 rings (SSSR count). The monoisotopic (exact) mass is 340 g/mol. The van der Waals surface area contributed by atoms with Gasteiger partial charge in [0.1, 0.15) is 0 Å². The van der Waals surface area contributed by atoms with Crippen molar-refractivity contribution in [3.05, 3.63) is 35.7 Å². The summed E-state index contributed by atoms with van der Waals surface area (Å²) >= 11 is 0. The molecule has 0 amide bonds. The van der Waals surface area contributed by atoms with E-state index in [1.54, 1.807) is 24.3 Å². The zero-order valence-corrected chi connectivity index (χ0v) is 12.3. The highest BCUT2D eigenvalue weighted by molar-refractivity contribution is 5.54. The summed E-state index contributed by atoms with van der Waals surface area (Å²) in [5, 5.41) is 7.35. The van der Waals surface area contributed by atoms with Crippen LogP contribution in [-0.4, -0.2) is 32.0 Å². The average molecular weight is 340 g/mol. The fraction of sp³-hybridized carbons (Fsp3) is 0.231. The van der Waals surface area contributed by atoms with E-state index in [-0.39, 0.29) is 17.8 Å². The first-order valence-corrected chi connectivity index (χ1v) is 6.61. The number of anilines is 1. The van der Waals surface area contributed by atoms with Gasteiger partial charge in [-0.15, -0.1) is 5.10 Å². The molecule has 24 heavy (non-hydrogen) atoms. The van der Waals surface area contributed by atoms with Crippen molar-refractivity contribution < 1.29 is 22.4 Å². The number of nitrogens with zero attached hydrogens (tertiary/aromatic N) is 5. The number of aromatic nitrogens is 5. The number of methoxy groups -OCH3 is 1. The lowest BCUT2D eigenvalue weighted by Crippen LogP contribution is -2.06. The minimum atomic E-state index is -4.67. The molecule has 3 aromatic rings. The highest BCUT2D eigenvalue weighted by Crippen LogP contribution is 2.29. The van der Waals surface area contributed by atoms with E-state index < -0.39 is 12.1 Å². The number of ether oxygens (including phenoxy) is 1. The van der Waals surface area contributed by atoms with Crippen molar-refractivity contribution >= 4 is 5.95 Å². The van der Waals surface area contributed by atoms with Crippen LogP contribution in [0.5, 0.6) is 6.01 Å². The van der Waals surface area contributed by atoms with Gasteiger partial charge in [0.15, 0.2) is 0 Å². The zero-order chi connectivity index (χ0) is 17.3. The van der Waals surface area contributed by atoms with Crippen molar-refractivity contribution in [3.63, 3.8) is 0 Å². The Labute approximate surface area is 133 Å². The molecule has 2 N–H and O–H groups in total. The van der Waals surface area contributed by atoms with Gasteiger partial charge in [-0.3, -0.25) is 0 Å². The maximum atomic E-state index is 12.5. The number of benzene rings is 1. The first-order chi connectivity index (χ1) is 11.4. The molecule has 1 aromatic carbocycles. The molecular weight excluding hydrogens is 329 g/mol. The minimum absolute atomic E-state index is 0.143. The SMILES string of the molecule is COc1nc(N)n(Cc2ccc(-c3noc(C(F)(F)F)n3)cc2)n1. The van der Waals surface area contributed by atoms with Crippen LogP contribution < -0.4 is 10.5 Å². The lowest BCUT2D eigenvalue weighted by atomic mass is 10.1. The molecule has 0 aliphatic rings. The highest BCUT2D eigenvalue weighted by atomic mass is 19.4. The van der Waals surface area contributed by atoms with Crippen molar-refractivity contribution in [1.29, 1.82) is 0 Å². The van der Waals surface area contributed by atoms with Crippen LogP contribution in [-0.2, 0) is 12.7 Å². The fourth-order valence-corrected chi connectivity index (χ4v) is 1.92. The van der Waals surface area contributed by atoms with Crippen LogP contribution in [0, 0.1) is 0 Å². The Kier molecular flexibility index (Phi) is 3.83. The normalized spacial score (nSPS) is 11.7. The van der Waals surface area contributed by atoms with Gasteiger partial charge in [0, 0.05) is 5.56 Å². The second kappa shape index (κ2) is 5.83. The second-order valence-corrected chi connectivity index (χ2v) is 4.73. The number of hydrogen-bond acceptors (Lipinski definition) is 7. The summed E-state index contributed by atoms with van der Waals surface area (Å²) in [7, 11) is 1.42. The van der Waals surface area contributed by atoms with Gasteiger partial charge in [0.25, 0.3) is 0 Å². The topological polar surface area (TPSA) is 105 Å². The van der Waals surface area contributed by atoms with Crippen LogP contribution >= 0.6 is 0 Å². The Morgan fingerprint density at radius 2 is 1.92 bits per heavy atom.